The Hall–Kier alpha value is -4.63. The maximum atomic E-state index is 14.6. The number of hydrogen-bond donors (Lipinski definition) is 1. The van der Waals surface area contributed by atoms with Gasteiger partial charge in [-0.3, -0.25) is 13.9 Å². The van der Waals surface area contributed by atoms with E-state index in [0.29, 0.717) is 5.75 Å². The molecule has 0 saturated carbocycles. The molecule has 45 heavy (non-hydrogen) atoms. The minimum Gasteiger partial charge on any atom is -0.495 e. The number of sulfonamides is 1. The molecule has 236 valence electrons. The van der Waals surface area contributed by atoms with Gasteiger partial charge in [-0.2, -0.15) is 0 Å². The summed E-state index contributed by atoms with van der Waals surface area (Å²) in [5.41, 5.74) is 3.82. The number of carbonyl (C=O) groups is 2. The third-order valence-electron chi connectivity index (χ3n) is 7.38. The molecule has 1 N–H and O–H groups in total. The molecular formula is C36H41N3O5S. The Balaban J connectivity index is 1.83. The average Bonchev–Trinajstić information content (AvgIpc) is 3.01. The molecule has 0 saturated heterocycles. The molecule has 8 nitrogen and oxygen atoms in total. The van der Waals surface area contributed by atoms with Crippen molar-refractivity contribution in [2.75, 3.05) is 18.0 Å². The number of carbonyl (C=O) groups excluding carboxylic acids is 2. The van der Waals surface area contributed by atoms with Crippen LogP contribution in [0.2, 0.25) is 0 Å². The lowest BCUT2D eigenvalue weighted by Gasteiger charge is -2.34. The fraction of sp³-hybridized carbons (Fsp3) is 0.278. The van der Waals surface area contributed by atoms with Gasteiger partial charge in [-0.25, -0.2) is 8.42 Å². The van der Waals surface area contributed by atoms with Crippen molar-refractivity contribution in [3.63, 3.8) is 0 Å². The number of anilines is 1. The van der Waals surface area contributed by atoms with Gasteiger partial charge in [-0.15, -0.1) is 0 Å². The van der Waals surface area contributed by atoms with Crippen molar-refractivity contribution in [3.05, 3.63) is 125 Å². The quantitative estimate of drug-likeness (QED) is 0.206. The molecule has 0 unspecified atom stereocenters. The predicted molar refractivity (Wildman–Crippen MR) is 178 cm³/mol. The molecule has 0 aliphatic heterocycles. The molecule has 0 aliphatic carbocycles. The third-order valence-corrected chi connectivity index (χ3v) is 9.15. The van der Waals surface area contributed by atoms with E-state index in [9.17, 15) is 18.0 Å². The third kappa shape index (κ3) is 8.51. The average molecular weight is 628 g/mol. The van der Waals surface area contributed by atoms with E-state index >= 15 is 0 Å². The minimum atomic E-state index is -4.23. The van der Waals surface area contributed by atoms with E-state index in [1.807, 2.05) is 82.3 Å². The molecule has 1 atom stereocenters. The molecule has 0 spiro atoms. The van der Waals surface area contributed by atoms with E-state index in [1.165, 1.54) is 24.1 Å². The zero-order valence-corrected chi connectivity index (χ0v) is 27.3. The molecule has 9 heteroatoms. The van der Waals surface area contributed by atoms with Crippen molar-refractivity contribution in [2.45, 2.75) is 57.6 Å². The van der Waals surface area contributed by atoms with Crippen LogP contribution in [0.4, 0.5) is 5.69 Å². The first kappa shape index (κ1) is 33.3. The van der Waals surface area contributed by atoms with Crippen molar-refractivity contribution in [3.8, 4) is 5.75 Å². The van der Waals surface area contributed by atoms with Crippen LogP contribution in [0.1, 0.15) is 36.1 Å². The number of benzene rings is 4. The van der Waals surface area contributed by atoms with Crippen LogP contribution in [0.15, 0.2) is 108 Å². The Bertz CT molecular complexity index is 1710. The molecule has 4 rings (SSSR count). The Kier molecular flexibility index (Phi) is 11.0. The van der Waals surface area contributed by atoms with Crippen molar-refractivity contribution < 1.29 is 22.7 Å². The van der Waals surface area contributed by atoms with Gasteiger partial charge in [0.05, 0.1) is 17.7 Å². The Morgan fingerprint density at radius 2 is 1.44 bits per heavy atom. The second-order valence-corrected chi connectivity index (χ2v) is 13.2. The Labute approximate surface area is 266 Å². The van der Waals surface area contributed by atoms with Gasteiger partial charge in [0, 0.05) is 19.0 Å². The number of rotatable bonds is 13. The van der Waals surface area contributed by atoms with E-state index in [0.717, 1.165) is 26.6 Å². The molecule has 0 fully saturated rings. The van der Waals surface area contributed by atoms with Crippen molar-refractivity contribution in [2.24, 2.45) is 0 Å². The van der Waals surface area contributed by atoms with Crippen LogP contribution in [-0.4, -0.2) is 50.9 Å². The minimum absolute atomic E-state index is 0.0374. The first-order chi connectivity index (χ1) is 21.5. The predicted octanol–water partition coefficient (Wildman–Crippen LogP) is 5.67. The second kappa shape index (κ2) is 14.9. The lowest BCUT2D eigenvalue weighted by atomic mass is 10.0. The van der Waals surface area contributed by atoms with Crippen LogP contribution in [0.25, 0.3) is 0 Å². The normalized spacial score (nSPS) is 12.0. The first-order valence-electron chi connectivity index (χ1n) is 14.9. The highest BCUT2D eigenvalue weighted by Crippen LogP contribution is 2.33. The molecule has 4 aromatic rings. The van der Waals surface area contributed by atoms with Gasteiger partial charge in [0.15, 0.2) is 0 Å². The number of aryl methyl sites for hydroxylation is 2. The molecule has 4 aromatic carbocycles. The fourth-order valence-electron chi connectivity index (χ4n) is 5.13. The second-order valence-electron chi connectivity index (χ2n) is 11.4. The van der Waals surface area contributed by atoms with Gasteiger partial charge < -0.3 is 15.0 Å². The smallest absolute Gasteiger partial charge is 0.264 e. The number of methoxy groups -OCH3 is 1. The summed E-state index contributed by atoms with van der Waals surface area (Å²) in [6.45, 7) is 7.11. The van der Waals surface area contributed by atoms with Crippen molar-refractivity contribution in [1.82, 2.24) is 10.2 Å². The highest BCUT2D eigenvalue weighted by Gasteiger charge is 2.35. The lowest BCUT2D eigenvalue weighted by Crippen LogP contribution is -2.54. The maximum Gasteiger partial charge on any atom is 0.264 e. The van der Waals surface area contributed by atoms with E-state index in [2.05, 4.69) is 5.32 Å². The summed E-state index contributed by atoms with van der Waals surface area (Å²) in [5.74, 6) is -0.553. The summed E-state index contributed by atoms with van der Waals surface area (Å²) in [6.07, 6.45) is 0.246. The molecular weight excluding hydrogens is 586 g/mol. The zero-order valence-electron chi connectivity index (χ0n) is 26.4. The standard InChI is InChI=1S/C36H41N3O5S/c1-26(2)37-36(41)33(23-29-13-7-6-8-14-29)38(24-30-15-11-12-28(4)22-30)35(40)25-39(32-16-9-10-17-34(32)44-5)45(42,43)31-20-18-27(3)19-21-31/h6-22,26,33H,23-25H2,1-5H3,(H,37,41)/t33-/m1/s1. The number of nitrogens with zero attached hydrogens (tertiary/aromatic N) is 2. The summed E-state index contributed by atoms with van der Waals surface area (Å²) in [7, 11) is -2.78. The number of ether oxygens (including phenoxy) is 1. The van der Waals surface area contributed by atoms with E-state index in [1.54, 1.807) is 36.4 Å². The van der Waals surface area contributed by atoms with Crippen LogP contribution in [0.3, 0.4) is 0 Å². The highest BCUT2D eigenvalue weighted by atomic mass is 32.2. The zero-order chi connectivity index (χ0) is 32.6. The summed E-state index contributed by atoms with van der Waals surface area (Å²) in [4.78, 5) is 29.9. The fourth-order valence-corrected chi connectivity index (χ4v) is 6.55. The van der Waals surface area contributed by atoms with Gasteiger partial charge in [0.25, 0.3) is 10.0 Å². The molecule has 2 amide bonds. The van der Waals surface area contributed by atoms with Crippen LogP contribution in [0.5, 0.6) is 5.75 Å². The van der Waals surface area contributed by atoms with Crippen molar-refractivity contribution >= 4 is 27.5 Å². The van der Waals surface area contributed by atoms with Gasteiger partial charge in [0.2, 0.25) is 11.8 Å². The summed E-state index contributed by atoms with van der Waals surface area (Å²) in [6, 6.07) is 29.3. The molecule has 0 heterocycles. The SMILES string of the molecule is COc1ccccc1N(CC(=O)N(Cc1cccc(C)c1)[C@H](Cc1ccccc1)C(=O)NC(C)C)S(=O)(=O)c1ccc(C)cc1. The van der Waals surface area contributed by atoms with E-state index in [-0.39, 0.29) is 35.5 Å². The van der Waals surface area contributed by atoms with Crippen LogP contribution < -0.4 is 14.4 Å². The highest BCUT2D eigenvalue weighted by molar-refractivity contribution is 7.92. The van der Waals surface area contributed by atoms with Crippen LogP contribution in [0, 0.1) is 13.8 Å². The van der Waals surface area contributed by atoms with Gasteiger partial charge in [-0.1, -0.05) is 90.0 Å². The van der Waals surface area contributed by atoms with Crippen LogP contribution >= 0.6 is 0 Å². The lowest BCUT2D eigenvalue weighted by molar-refractivity contribution is -0.140. The number of para-hydroxylation sites is 2. The number of nitrogens with one attached hydrogen (secondary N) is 1. The van der Waals surface area contributed by atoms with Crippen molar-refractivity contribution in [1.29, 1.82) is 0 Å². The molecule has 0 bridgehead atoms. The molecule has 0 radical (unpaired) electrons. The van der Waals surface area contributed by atoms with Gasteiger partial charge in [0.1, 0.15) is 18.3 Å². The molecule has 0 aliphatic rings. The van der Waals surface area contributed by atoms with Gasteiger partial charge >= 0.3 is 0 Å². The Morgan fingerprint density at radius 1 is 0.800 bits per heavy atom. The largest absolute Gasteiger partial charge is 0.495 e. The summed E-state index contributed by atoms with van der Waals surface area (Å²) < 4.78 is 35.1. The number of amides is 2. The van der Waals surface area contributed by atoms with Gasteiger partial charge in [-0.05, 0) is 63.1 Å². The van der Waals surface area contributed by atoms with Crippen LogP contribution in [-0.2, 0) is 32.6 Å². The topological polar surface area (TPSA) is 96.0 Å². The summed E-state index contributed by atoms with van der Waals surface area (Å²) in [5, 5.41) is 2.98. The summed E-state index contributed by atoms with van der Waals surface area (Å²) >= 11 is 0. The first-order valence-corrected chi connectivity index (χ1v) is 16.4. The maximum absolute atomic E-state index is 14.6. The Morgan fingerprint density at radius 3 is 2.09 bits per heavy atom. The molecule has 0 aromatic heterocycles. The number of hydrogen-bond acceptors (Lipinski definition) is 5. The van der Waals surface area contributed by atoms with E-state index < -0.39 is 28.5 Å². The van der Waals surface area contributed by atoms with E-state index in [4.69, 9.17) is 4.74 Å². The monoisotopic (exact) mass is 627 g/mol.